The molecular formula is C29H30F2N4O2. The molecule has 3 fully saturated rings. The summed E-state index contributed by atoms with van der Waals surface area (Å²) >= 11 is 0. The number of hydrogen-bond acceptors (Lipinski definition) is 3. The summed E-state index contributed by atoms with van der Waals surface area (Å²) in [5.74, 6) is -3.11. The molecule has 3 atom stereocenters. The van der Waals surface area contributed by atoms with Gasteiger partial charge in [-0.3, -0.25) is 9.59 Å². The molecular weight excluding hydrogens is 474 g/mol. The maximum absolute atomic E-state index is 13.6. The fourth-order valence-electron chi connectivity index (χ4n) is 5.93. The summed E-state index contributed by atoms with van der Waals surface area (Å²) in [6.45, 7) is 3.87. The van der Waals surface area contributed by atoms with Crippen molar-refractivity contribution in [3.05, 3.63) is 66.1 Å². The second-order valence-corrected chi connectivity index (χ2v) is 11.0. The molecule has 6 rings (SSSR count). The monoisotopic (exact) mass is 504 g/mol. The SMILES string of the molecule is Cc1ccc(-c2ccc(-c3cnc([C@@H]4CC5C[C@@]5(C)N4C(=O)C(=O)N4CCC(F)(F)CC4)[nH]3)cc2)cc1. The number of amides is 2. The van der Waals surface area contributed by atoms with Crippen molar-refractivity contribution in [3.8, 4) is 22.4 Å². The number of alkyl halides is 2. The van der Waals surface area contributed by atoms with Gasteiger partial charge in [0.05, 0.1) is 17.9 Å². The summed E-state index contributed by atoms with van der Waals surface area (Å²) in [4.78, 5) is 37.4. The fraction of sp³-hybridized carbons (Fsp3) is 0.414. The highest BCUT2D eigenvalue weighted by molar-refractivity contribution is 6.35. The number of fused-ring (bicyclic) bond motifs is 1. The van der Waals surface area contributed by atoms with Crippen LogP contribution in [0.15, 0.2) is 54.7 Å². The van der Waals surface area contributed by atoms with Crippen LogP contribution in [0.4, 0.5) is 8.78 Å². The minimum Gasteiger partial charge on any atom is -0.340 e. The van der Waals surface area contributed by atoms with Crippen molar-refractivity contribution in [3.63, 3.8) is 0 Å². The van der Waals surface area contributed by atoms with Gasteiger partial charge in [-0.15, -0.1) is 0 Å². The van der Waals surface area contributed by atoms with Crippen LogP contribution in [0.1, 0.15) is 50.0 Å². The van der Waals surface area contributed by atoms with Crippen molar-refractivity contribution < 1.29 is 18.4 Å². The number of imidazole rings is 1. The van der Waals surface area contributed by atoms with Gasteiger partial charge < -0.3 is 14.8 Å². The van der Waals surface area contributed by atoms with Gasteiger partial charge >= 0.3 is 11.8 Å². The number of H-pyrrole nitrogens is 1. The van der Waals surface area contributed by atoms with E-state index in [1.807, 2.05) is 19.1 Å². The lowest BCUT2D eigenvalue weighted by Crippen LogP contribution is -2.52. The van der Waals surface area contributed by atoms with Crippen LogP contribution in [0, 0.1) is 12.8 Å². The molecule has 6 nitrogen and oxygen atoms in total. The van der Waals surface area contributed by atoms with Crippen molar-refractivity contribution in [2.24, 2.45) is 5.92 Å². The van der Waals surface area contributed by atoms with Gasteiger partial charge in [0.25, 0.3) is 5.92 Å². The van der Waals surface area contributed by atoms with E-state index in [2.05, 4.69) is 53.3 Å². The van der Waals surface area contributed by atoms with Crippen LogP contribution in [0.3, 0.4) is 0 Å². The van der Waals surface area contributed by atoms with Gasteiger partial charge in [-0.05, 0) is 49.3 Å². The van der Waals surface area contributed by atoms with Crippen LogP contribution in [0.5, 0.6) is 0 Å². The normalized spacial score (nSPS) is 26.2. The summed E-state index contributed by atoms with van der Waals surface area (Å²) in [6, 6.07) is 16.3. The Kier molecular flexibility index (Phi) is 5.47. The maximum Gasteiger partial charge on any atom is 0.313 e. The summed E-state index contributed by atoms with van der Waals surface area (Å²) < 4.78 is 27.2. The number of likely N-dealkylation sites (tertiary alicyclic amines) is 2. The first kappa shape index (κ1) is 23.8. The Bertz CT molecular complexity index is 1340. The Balaban J connectivity index is 1.20. The van der Waals surface area contributed by atoms with Crippen LogP contribution in [0.25, 0.3) is 22.4 Å². The Morgan fingerprint density at radius 1 is 0.946 bits per heavy atom. The molecule has 3 aromatic rings. The van der Waals surface area contributed by atoms with E-state index in [4.69, 9.17) is 0 Å². The second kappa shape index (κ2) is 8.50. The van der Waals surface area contributed by atoms with Crippen molar-refractivity contribution in [2.75, 3.05) is 13.1 Å². The number of carbonyl (C=O) groups excluding carboxylic acids is 2. The lowest BCUT2D eigenvalue weighted by molar-refractivity contribution is -0.157. The molecule has 2 amide bonds. The summed E-state index contributed by atoms with van der Waals surface area (Å²) in [7, 11) is 0. The number of nitrogens with one attached hydrogen (secondary N) is 1. The van der Waals surface area contributed by atoms with E-state index >= 15 is 0 Å². The summed E-state index contributed by atoms with van der Waals surface area (Å²) in [5, 5.41) is 0. The predicted molar refractivity (Wildman–Crippen MR) is 136 cm³/mol. The first-order valence-corrected chi connectivity index (χ1v) is 12.9. The Morgan fingerprint density at radius 3 is 2.19 bits per heavy atom. The zero-order chi connectivity index (χ0) is 25.9. The summed E-state index contributed by atoms with van der Waals surface area (Å²) in [6.07, 6.45) is 2.53. The molecule has 3 heterocycles. The van der Waals surface area contributed by atoms with Gasteiger partial charge in [0, 0.05) is 31.5 Å². The predicted octanol–water partition coefficient (Wildman–Crippen LogP) is 5.36. The standard InChI is InChI=1S/C29H30F2N4O2/c1-18-3-5-19(6-4-18)20-7-9-21(10-8-20)23-17-32-25(33-23)24-15-22-16-28(22,2)35(24)27(37)26(36)34-13-11-29(30,31)12-14-34/h3-10,17,22,24H,11-16H2,1-2H3,(H,32,33)/t22?,24-,28+/m0/s1. The minimum absolute atomic E-state index is 0.0975. The van der Waals surface area contributed by atoms with Crippen LogP contribution >= 0.6 is 0 Å². The van der Waals surface area contributed by atoms with Gasteiger partial charge in [-0.25, -0.2) is 13.8 Å². The van der Waals surface area contributed by atoms with E-state index in [1.54, 1.807) is 11.1 Å². The number of hydrogen-bond donors (Lipinski definition) is 1. The Morgan fingerprint density at radius 2 is 1.54 bits per heavy atom. The molecule has 0 radical (unpaired) electrons. The van der Waals surface area contributed by atoms with Crippen molar-refractivity contribution >= 4 is 11.8 Å². The molecule has 1 saturated carbocycles. The number of halogens is 2. The first-order valence-electron chi connectivity index (χ1n) is 12.9. The van der Waals surface area contributed by atoms with E-state index in [1.165, 1.54) is 10.5 Å². The smallest absolute Gasteiger partial charge is 0.313 e. The number of nitrogens with zero attached hydrogens (tertiary/aromatic N) is 3. The van der Waals surface area contributed by atoms with E-state index in [0.717, 1.165) is 35.2 Å². The topological polar surface area (TPSA) is 69.3 Å². The summed E-state index contributed by atoms with van der Waals surface area (Å²) in [5.41, 5.74) is 4.92. The highest BCUT2D eigenvalue weighted by Crippen LogP contribution is 2.61. The number of aromatic amines is 1. The first-order chi connectivity index (χ1) is 17.6. The Labute approximate surface area is 214 Å². The molecule has 1 aliphatic carbocycles. The highest BCUT2D eigenvalue weighted by atomic mass is 19.3. The molecule has 3 aliphatic rings. The molecule has 1 aromatic heterocycles. The highest BCUT2D eigenvalue weighted by Gasteiger charge is 2.65. The number of rotatable bonds is 3. The van der Waals surface area contributed by atoms with Gasteiger partial charge in [0.15, 0.2) is 0 Å². The average Bonchev–Trinajstić information content (AvgIpc) is 3.20. The van der Waals surface area contributed by atoms with E-state index in [-0.39, 0.29) is 24.7 Å². The van der Waals surface area contributed by atoms with Crippen LogP contribution in [0.2, 0.25) is 0 Å². The molecule has 37 heavy (non-hydrogen) atoms. The maximum atomic E-state index is 13.6. The van der Waals surface area contributed by atoms with Crippen molar-refractivity contribution in [1.82, 2.24) is 19.8 Å². The molecule has 0 bridgehead atoms. The zero-order valence-corrected chi connectivity index (χ0v) is 21.0. The number of piperidine rings is 2. The average molecular weight is 505 g/mol. The minimum atomic E-state index is -2.77. The van der Waals surface area contributed by atoms with Gasteiger partial charge in [-0.1, -0.05) is 54.1 Å². The largest absolute Gasteiger partial charge is 0.340 e. The molecule has 2 saturated heterocycles. The van der Waals surface area contributed by atoms with Crippen LogP contribution < -0.4 is 0 Å². The Hall–Kier alpha value is -3.55. The third-order valence-corrected chi connectivity index (χ3v) is 8.42. The molecule has 1 unspecified atom stereocenters. The van der Waals surface area contributed by atoms with Crippen molar-refractivity contribution in [2.45, 2.75) is 57.0 Å². The van der Waals surface area contributed by atoms with Crippen molar-refractivity contribution in [1.29, 1.82) is 0 Å². The molecule has 0 spiro atoms. The molecule has 1 N–H and O–H groups in total. The molecule has 2 aromatic carbocycles. The van der Waals surface area contributed by atoms with E-state index < -0.39 is 30.6 Å². The third kappa shape index (κ3) is 4.22. The number of aromatic nitrogens is 2. The quantitative estimate of drug-likeness (QED) is 0.488. The lowest BCUT2D eigenvalue weighted by Gasteiger charge is -2.35. The van der Waals surface area contributed by atoms with Gasteiger partial charge in [-0.2, -0.15) is 0 Å². The van der Waals surface area contributed by atoms with Crippen LogP contribution in [-0.2, 0) is 9.59 Å². The molecule has 8 heteroatoms. The van der Waals surface area contributed by atoms with Crippen LogP contribution in [-0.4, -0.2) is 56.1 Å². The number of carbonyl (C=O) groups is 2. The zero-order valence-electron chi connectivity index (χ0n) is 21.0. The molecule has 192 valence electrons. The number of aryl methyl sites for hydroxylation is 1. The lowest BCUT2D eigenvalue weighted by atomic mass is 10.0. The third-order valence-electron chi connectivity index (χ3n) is 8.42. The second-order valence-electron chi connectivity index (χ2n) is 11.0. The van der Waals surface area contributed by atoms with E-state index in [0.29, 0.717) is 11.7 Å². The fourth-order valence-corrected chi connectivity index (χ4v) is 5.93. The van der Waals surface area contributed by atoms with Gasteiger partial charge in [0.1, 0.15) is 5.82 Å². The number of benzene rings is 2. The molecule has 2 aliphatic heterocycles. The van der Waals surface area contributed by atoms with Gasteiger partial charge in [0.2, 0.25) is 0 Å². The van der Waals surface area contributed by atoms with E-state index in [9.17, 15) is 18.4 Å².